The number of allylic oxidation sites excluding steroid dienone is 2. The van der Waals surface area contributed by atoms with Gasteiger partial charge < -0.3 is 4.90 Å². The van der Waals surface area contributed by atoms with Crippen molar-refractivity contribution in [2.24, 2.45) is 5.92 Å². The van der Waals surface area contributed by atoms with Gasteiger partial charge >= 0.3 is 0 Å². The molecule has 134 valence electrons. The molecule has 1 nitrogen and oxygen atoms in total. The van der Waals surface area contributed by atoms with Gasteiger partial charge in [0, 0.05) is 19.3 Å². The van der Waals surface area contributed by atoms with Crippen LogP contribution in [0.5, 0.6) is 0 Å². The maximum absolute atomic E-state index is 2.45. The predicted octanol–water partition coefficient (Wildman–Crippen LogP) is 7.12. The number of hydrogen-bond donors (Lipinski definition) is 0. The Balaban J connectivity index is 0.00000243. The minimum Gasteiger partial charge on any atom is -0.342 e. The van der Waals surface area contributed by atoms with Crippen molar-refractivity contribution in [3.05, 3.63) is 65.2 Å². The van der Waals surface area contributed by atoms with Crippen molar-refractivity contribution < 1.29 is 1.43 Å². The molecule has 0 heterocycles. The molecular weight excluding hydrogens is 302 g/mol. The van der Waals surface area contributed by atoms with Gasteiger partial charge in [0.1, 0.15) is 0 Å². The largest absolute Gasteiger partial charge is 0.342 e. The molecule has 0 unspecified atom stereocenters. The molecular formula is C24H33N. The molecule has 1 aliphatic rings. The van der Waals surface area contributed by atoms with Crippen molar-refractivity contribution in [3.63, 3.8) is 0 Å². The fraction of sp³-hybridized carbons (Fsp3) is 0.417. The van der Waals surface area contributed by atoms with Crippen LogP contribution in [0.15, 0.2) is 48.5 Å². The Morgan fingerprint density at radius 1 is 1.04 bits per heavy atom. The van der Waals surface area contributed by atoms with Crippen LogP contribution < -0.4 is 4.90 Å². The van der Waals surface area contributed by atoms with E-state index in [0.29, 0.717) is 5.92 Å². The lowest BCUT2D eigenvalue weighted by atomic mass is 9.71. The van der Waals surface area contributed by atoms with Crippen LogP contribution in [0.25, 0.3) is 5.57 Å². The van der Waals surface area contributed by atoms with Crippen molar-refractivity contribution in [1.82, 2.24) is 0 Å². The maximum Gasteiger partial charge on any atom is 0.0414 e. The van der Waals surface area contributed by atoms with E-state index < -0.39 is 0 Å². The average Bonchev–Trinajstić information content (AvgIpc) is 2.57. The molecule has 0 radical (unpaired) electrons. The van der Waals surface area contributed by atoms with Crippen LogP contribution in [0.4, 0.5) is 11.4 Å². The predicted molar refractivity (Wildman–Crippen MR) is 113 cm³/mol. The standard InChI is InChI=1S/C24H31N.H2/c1-7-25(19-10-8-18(4)9-11-19)20-12-13-22-21(17(2)3)14-15-24(5,6)23(22)16-20;/h8-14,16-17H,7,15H2,1-6H3;1H. The molecule has 2 aromatic rings. The van der Waals surface area contributed by atoms with E-state index in [2.05, 4.69) is 95.0 Å². The Morgan fingerprint density at radius 3 is 2.28 bits per heavy atom. The molecule has 0 atom stereocenters. The molecule has 0 saturated carbocycles. The lowest BCUT2D eigenvalue weighted by molar-refractivity contribution is 0.523. The van der Waals surface area contributed by atoms with Gasteiger partial charge in [0.2, 0.25) is 0 Å². The number of benzene rings is 2. The molecule has 0 fully saturated rings. The van der Waals surface area contributed by atoms with Crippen molar-refractivity contribution >= 4 is 16.9 Å². The lowest BCUT2D eigenvalue weighted by Crippen LogP contribution is -2.24. The van der Waals surface area contributed by atoms with Crippen LogP contribution in [-0.2, 0) is 5.41 Å². The summed E-state index contributed by atoms with van der Waals surface area (Å²) >= 11 is 0. The van der Waals surface area contributed by atoms with Crippen LogP contribution in [0.1, 0.15) is 59.2 Å². The zero-order chi connectivity index (χ0) is 18.2. The van der Waals surface area contributed by atoms with Crippen molar-refractivity contribution in [2.45, 2.75) is 53.4 Å². The molecule has 0 aliphatic heterocycles. The summed E-state index contributed by atoms with van der Waals surface area (Å²) < 4.78 is 0. The smallest absolute Gasteiger partial charge is 0.0414 e. The van der Waals surface area contributed by atoms with Crippen molar-refractivity contribution in [2.75, 3.05) is 11.4 Å². The number of aryl methyl sites for hydroxylation is 1. The lowest BCUT2D eigenvalue weighted by Gasteiger charge is -2.35. The summed E-state index contributed by atoms with van der Waals surface area (Å²) in [5, 5.41) is 0. The van der Waals surface area contributed by atoms with Crippen molar-refractivity contribution in [3.8, 4) is 0 Å². The van der Waals surface area contributed by atoms with Gasteiger partial charge in [-0.25, -0.2) is 0 Å². The van der Waals surface area contributed by atoms with Gasteiger partial charge in [-0.15, -0.1) is 0 Å². The number of fused-ring (bicyclic) bond motifs is 1. The Labute approximate surface area is 154 Å². The quantitative estimate of drug-likeness (QED) is 0.575. The third-order valence-electron chi connectivity index (χ3n) is 5.47. The Hall–Kier alpha value is -2.02. The van der Waals surface area contributed by atoms with E-state index in [1.807, 2.05) is 0 Å². The summed E-state index contributed by atoms with van der Waals surface area (Å²) in [5.41, 5.74) is 8.48. The fourth-order valence-corrected chi connectivity index (χ4v) is 3.88. The summed E-state index contributed by atoms with van der Waals surface area (Å²) in [6.45, 7) is 14.7. The van der Waals surface area contributed by atoms with Gasteiger partial charge in [-0.3, -0.25) is 0 Å². The number of nitrogens with zero attached hydrogens (tertiary/aromatic N) is 1. The van der Waals surface area contributed by atoms with Gasteiger partial charge in [-0.2, -0.15) is 0 Å². The topological polar surface area (TPSA) is 3.24 Å². The molecule has 1 aliphatic carbocycles. The molecule has 2 aromatic carbocycles. The highest BCUT2D eigenvalue weighted by atomic mass is 15.1. The zero-order valence-electron chi connectivity index (χ0n) is 16.6. The zero-order valence-corrected chi connectivity index (χ0v) is 16.6. The molecule has 0 N–H and O–H groups in total. The summed E-state index contributed by atoms with van der Waals surface area (Å²) in [6.07, 6.45) is 3.57. The first-order valence-electron chi connectivity index (χ1n) is 9.52. The summed E-state index contributed by atoms with van der Waals surface area (Å²) in [6, 6.07) is 15.9. The molecule has 0 spiro atoms. The highest BCUT2D eigenvalue weighted by molar-refractivity contribution is 5.76. The van der Waals surface area contributed by atoms with E-state index in [4.69, 9.17) is 0 Å². The normalized spacial score (nSPS) is 15.7. The first-order valence-corrected chi connectivity index (χ1v) is 9.52. The first kappa shape index (κ1) is 17.8. The maximum atomic E-state index is 2.45. The van der Waals surface area contributed by atoms with E-state index in [0.717, 1.165) is 13.0 Å². The number of hydrogen-bond acceptors (Lipinski definition) is 1. The van der Waals surface area contributed by atoms with Gasteiger partial charge in [0.25, 0.3) is 0 Å². The molecule has 3 rings (SSSR count). The van der Waals surface area contributed by atoms with E-state index in [1.165, 1.54) is 33.6 Å². The molecule has 25 heavy (non-hydrogen) atoms. The highest BCUT2D eigenvalue weighted by Gasteiger charge is 2.29. The molecule has 0 aromatic heterocycles. The van der Waals surface area contributed by atoms with Gasteiger partial charge in [0.15, 0.2) is 0 Å². The average molecular weight is 336 g/mol. The second-order valence-corrected chi connectivity index (χ2v) is 8.21. The van der Waals surface area contributed by atoms with Gasteiger partial charge in [-0.05, 0) is 72.6 Å². The van der Waals surface area contributed by atoms with Crippen molar-refractivity contribution in [1.29, 1.82) is 0 Å². The Kier molecular flexibility index (Phi) is 4.77. The van der Waals surface area contributed by atoms with Crippen LogP contribution in [-0.4, -0.2) is 6.54 Å². The summed E-state index contributed by atoms with van der Waals surface area (Å²) in [5.74, 6) is 0.570. The minimum absolute atomic E-state index is 0. The van der Waals surface area contributed by atoms with E-state index in [9.17, 15) is 0 Å². The van der Waals surface area contributed by atoms with E-state index in [1.54, 1.807) is 0 Å². The van der Waals surface area contributed by atoms with Gasteiger partial charge in [-0.1, -0.05) is 57.5 Å². The SMILES string of the molecule is CCN(c1ccc(C)cc1)c1ccc2c(c1)C(C)(C)CC=C2C(C)C.[HH]. The number of rotatable bonds is 4. The molecule has 0 amide bonds. The van der Waals surface area contributed by atoms with Crippen LogP contribution >= 0.6 is 0 Å². The van der Waals surface area contributed by atoms with E-state index in [-0.39, 0.29) is 6.84 Å². The van der Waals surface area contributed by atoms with Crippen LogP contribution in [0.3, 0.4) is 0 Å². The molecule has 1 heteroatoms. The van der Waals surface area contributed by atoms with Crippen LogP contribution in [0.2, 0.25) is 0 Å². The third-order valence-corrected chi connectivity index (χ3v) is 5.47. The fourth-order valence-electron chi connectivity index (χ4n) is 3.88. The summed E-state index contributed by atoms with van der Waals surface area (Å²) in [4.78, 5) is 2.41. The Bertz CT molecular complexity index is 784. The van der Waals surface area contributed by atoms with E-state index >= 15 is 0 Å². The number of anilines is 2. The first-order chi connectivity index (χ1) is 11.8. The molecule has 0 saturated heterocycles. The van der Waals surface area contributed by atoms with Crippen LogP contribution in [0, 0.1) is 12.8 Å². The minimum atomic E-state index is 0. The second kappa shape index (κ2) is 6.71. The Morgan fingerprint density at radius 2 is 1.68 bits per heavy atom. The summed E-state index contributed by atoms with van der Waals surface area (Å²) in [7, 11) is 0. The second-order valence-electron chi connectivity index (χ2n) is 8.21. The third kappa shape index (κ3) is 3.38. The highest BCUT2D eigenvalue weighted by Crippen LogP contribution is 2.43. The molecule has 0 bridgehead atoms. The van der Waals surface area contributed by atoms with Gasteiger partial charge in [0.05, 0.1) is 0 Å². The monoisotopic (exact) mass is 335 g/mol.